The topological polar surface area (TPSA) is 46.6 Å². The van der Waals surface area contributed by atoms with Gasteiger partial charge in [0.15, 0.2) is 0 Å². The second-order valence-corrected chi connectivity index (χ2v) is 9.09. The quantitative estimate of drug-likeness (QED) is 0.520. The molecule has 0 spiro atoms. The van der Waals surface area contributed by atoms with Crippen molar-refractivity contribution in [1.82, 2.24) is 0 Å². The number of para-hydroxylation sites is 1. The molecule has 1 atom stereocenters. The normalized spacial score (nSPS) is 12.4. The molecule has 0 aromatic heterocycles. The molecule has 0 aliphatic heterocycles. The number of anilines is 1. The Morgan fingerprint density at radius 2 is 1.34 bits per heavy atom. The third-order valence-electron chi connectivity index (χ3n) is 5.00. The molecule has 0 bridgehead atoms. The zero-order valence-electron chi connectivity index (χ0n) is 17.3. The predicted molar refractivity (Wildman–Crippen MR) is 119 cm³/mol. The van der Waals surface area contributed by atoms with Crippen LogP contribution in [0.2, 0.25) is 0 Å². The molecule has 29 heavy (non-hydrogen) atoms. The Labute approximate surface area is 173 Å². The summed E-state index contributed by atoms with van der Waals surface area (Å²) in [6.07, 6.45) is 0. The summed E-state index contributed by atoms with van der Waals surface area (Å²) >= 11 is 0. The van der Waals surface area contributed by atoms with E-state index < -0.39 is 10.1 Å². The lowest BCUT2D eigenvalue weighted by Crippen LogP contribution is -2.21. The maximum absolute atomic E-state index is 13.0. The van der Waals surface area contributed by atoms with Gasteiger partial charge >= 0.3 is 10.1 Å². The SMILES string of the molecule is Cc1cccc(C)c1OS(=O)(=O)C[C@H](c1ccccc1)c1ccc(N(C)C)cc1. The summed E-state index contributed by atoms with van der Waals surface area (Å²) < 4.78 is 31.6. The number of hydrogen-bond donors (Lipinski definition) is 0. The van der Waals surface area contributed by atoms with Crippen LogP contribution in [0.15, 0.2) is 72.8 Å². The molecule has 0 aliphatic rings. The number of rotatable bonds is 7. The van der Waals surface area contributed by atoms with Gasteiger partial charge in [0.1, 0.15) is 5.75 Å². The molecule has 3 aromatic rings. The summed E-state index contributed by atoms with van der Waals surface area (Å²) in [4.78, 5) is 2.02. The molecule has 0 heterocycles. The molecule has 0 unspecified atom stereocenters. The molecular weight excluding hydrogens is 382 g/mol. The molecule has 3 aromatic carbocycles. The fourth-order valence-electron chi connectivity index (χ4n) is 3.37. The molecule has 0 saturated carbocycles. The number of nitrogens with zero attached hydrogens (tertiary/aromatic N) is 1. The van der Waals surface area contributed by atoms with E-state index in [4.69, 9.17) is 4.18 Å². The first-order valence-corrected chi connectivity index (χ1v) is 11.1. The third kappa shape index (κ3) is 5.18. The van der Waals surface area contributed by atoms with Crippen LogP contribution in [-0.2, 0) is 10.1 Å². The Bertz CT molecular complexity index is 1040. The van der Waals surface area contributed by atoms with Gasteiger partial charge in [0, 0.05) is 25.7 Å². The van der Waals surface area contributed by atoms with Gasteiger partial charge in [-0.15, -0.1) is 0 Å². The van der Waals surface area contributed by atoms with Gasteiger partial charge in [0.05, 0.1) is 5.75 Å². The van der Waals surface area contributed by atoms with E-state index in [0.29, 0.717) is 5.75 Å². The van der Waals surface area contributed by atoms with E-state index in [1.54, 1.807) is 0 Å². The lowest BCUT2D eigenvalue weighted by Gasteiger charge is -2.20. The highest BCUT2D eigenvalue weighted by Gasteiger charge is 2.25. The zero-order valence-corrected chi connectivity index (χ0v) is 18.1. The highest BCUT2D eigenvalue weighted by atomic mass is 32.2. The maximum atomic E-state index is 13.0. The van der Waals surface area contributed by atoms with E-state index in [1.807, 2.05) is 106 Å². The average Bonchev–Trinajstić information content (AvgIpc) is 2.70. The maximum Gasteiger partial charge on any atom is 0.310 e. The molecule has 3 rings (SSSR count). The third-order valence-corrected chi connectivity index (χ3v) is 6.17. The van der Waals surface area contributed by atoms with E-state index >= 15 is 0 Å². The van der Waals surface area contributed by atoms with Crippen LogP contribution in [-0.4, -0.2) is 28.3 Å². The lowest BCUT2D eigenvalue weighted by molar-refractivity contribution is 0.479. The van der Waals surface area contributed by atoms with Gasteiger partial charge in [-0.05, 0) is 48.2 Å². The molecule has 0 N–H and O–H groups in total. The lowest BCUT2D eigenvalue weighted by atomic mass is 9.93. The molecule has 0 amide bonds. The minimum absolute atomic E-state index is 0.133. The molecule has 152 valence electrons. The standard InChI is InChI=1S/C24H27NO3S/c1-18-9-8-10-19(2)24(18)28-29(26,27)17-23(20-11-6-5-7-12-20)21-13-15-22(16-14-21)25(3)4/h5-16,23H,17H2,1-4H3/t23-/m1/s1. The fourth-order valence-corrected chi connectivity index (χ4v) is 4.75. The number of benzene rings is 3. The molecular formula is C24H27NO3S. The minimum Gasteiger partial charge on any atom is -0.382 e. The van der Waals surface area contributed by atoms with Crippen LogP contribution in [0.5, 0.6) is 5.75 Å². The van der Waals surface area contributed by atoms with Crippen molar-refractivity contribution in [3.8, 4) is 5.75 Å². The average molecular weight is 410 g/mol. The summed E-state index contributed by atoms with van der Waals surface area (Å²) in [7, 11) is 0.145. The first kappa shape index (κ1) is 20.9. The molecule has 0 aliphatic carbocycles. The monoisotopic (exact) mass is 409 g/mol. The molecule has 5 heteroatoms. The Balaban J connectivity index is 1.94. The molecule has 4 nitrogen and oxygen atoms in total. The molecule has 0 saturated heterocycles. The Kier molecular flexibility index (Phi) is 6.28. The van der Waals surface area contributed by atoms with Crippen LogP contribution in [0.1, 0.15) is 28.2 Å². The van der Waals surface area contributed by atoms with Crippen LogP contribution in [0.4, 0.5) is 5.69 Å². The van der Waals surface area contributed by atoms with Gasteiger partial charge in [-0.2, -0.15) is 8.42 Å². The Morgan fingerprint density at radius 3 is 1.90 bits per heavy atom. The predicted octanol–water partition coefficient (Wildman–Crippen LogP) is 4.91. The van der Waals surface area contributed by atoms with Gasteiger partial charge in [-0.1, -0.05) is 60.7 Å². The summed E-state index contributed by atoms with van der Waals surface area (Å²) in [5, 5.41) is 0. The minimum atomic E-state index is -3.81. The smallest absolute Gasteiger partial charge is 0.310 e. The van der Waals surface area contributed by atoms with Crippen molar-refractivity contribution in [1.29, 1.82) is 0 Å². The van der Waals surface area contributed by atoms with Crippen molar-refractivity contribution in [3.05, 3.63) is 95.1 Å². The van der Waals surface area contributed by atoms with Crippen molar-refractivity contribution in [2.45, 2.75) is 19.8 Å². The van der Waals surface area contributed by atoms with Crippen LogP contribution in [0.3, 0.4) is 0 Å². The summed E-state index contributed by atoms with van der Waals surface area (Å²) in [5.41, 5.74) is 4.56. The van der Waals surface area contributed by atoms with E-state index in [-0.39, 0.29) is 11.7 Å². The largest absolute Gasteiger partial charge is 0.382 e. The number of aryl methyl sites for hydroxylation is 2. The fraction of sp³-hybridized carbons (Fsp3) is 0.250. The second-order valence-electron chi connectivity index (χ2n) is 7.48. The van der Waals surface area contributed by atoms with Gasteiger partial charge in [-0.25, -0.2) is 0 Å². The first-order chi connectivity index (χ1) is 13.8. The summed E-state index contributed by atoms with van der Waals surface area (Å²) in [6, 6.07) is 23.3. The zero-order chi connectivity index (χ0) is 21.0. The van der Waals surface area contributed by atoms with Crippen molar-refractivity contribution >= 4 is 15.8 Å². The second kappa shape index (κ2) is 8.70. The highest BCUT2D eigenvalue weighted by molar-refractivity contribution is 7.87. The highest BCUT2D eigenvalue weighted by Crippen LogP contribution is 2.30. The van der Waals surface area contributed by atoms with Crippen molar-refractivity contribution in [2.75, 3.05) is 24.7 Å². The van der Waals surface area contributed by atoms with Crippen molar-refractivity contribution in [2.24, 2.45) is 0 Å². The van der Waals surface area contributed by atoms with Gasteiger partial charge < -0.3 is 9.08 Å². The van der Waals surface area contributed by atoms with Crippen molar-refractivity contribution in [3.63, 3.8) is 0 Å². The van der Waals surface area contributed by atoms with E-state index in [0.717, 1.165) is 27.9 Å². The molecule has 0 radical (unpaired) electrons. The van der Waals surface area contributed by atoms with Crippen LogP contribution >= 0.6 is 0 Å². The van der Waals surface area contributed by atoms with E-state index in [2.05, 4.69) is 0 Å². The van der Waals surface area contributed by atoms with Crippen LogP contribution < -0.4 is 9.08 Å². The van der Waals surface area contributed by atoms with Gasteiger partial charge in [0.25, 0.3) is 0 Å². The molecule has 0 fully saturated rings. The van der Waals surface area contributed by atoms with Gasteiger partial charge in [-0.3, -0.25) is 0 Å². The van der Waals surface area contributed by atoms with Crippen LogP contribution in [0, 0.1) is 13.8 Å². The van der Waals surface area contributed by atoms with Crippen LogP contribution in [0.25, 0.3) is 0 Å². The van der Waals surface area contributed by atoms with E-state index in [9.17, 15) is 8.42 Å². The Morgan fingerprint density at radius 1 is 0.793 bits per heavy atom. The number of hydrogen-bond acceptors (Lipinski definition) is 4. The Hall–Kier alpha value is -2.79. The van der Waals surface area contributed by atoms with Crippen molar-refractivity contribution < 1.29 is 12.6 Å². The summed E-state index contributed by atoms with van der Waals surface area (Å²) in [6.45, 7) is 3.71. The van der Waals surface area contributed by atoms with Gasteiger partial charge in [0.2, 0.25) is 0 Å². The van der Waals surface area contributed by atoms with E-state index in [1.165, 1.54) is 0 Å². The summed E-state index contributed by atoms with van der Waals surface area (Å²) in [5.74, 6) is -0.0319. The first-order valence-electron chi connectivity index (χ1n) is 9.57.